The molecule has 36 heavy (non-hydrogen) atoms. The summed E-state index contributed by atoms with van der Waals surface area (Å²) >= 11 is 6.11. The maximum absolute atomic E-state index is 12.8. The summed E-state index contributed by atoms with van der Waals surface area (Å²) in [5, 5.41) is 2.93. The zero-order valence-corrected chi connectivity index (χ0v) is 22.0. The van der Waals surface area contributed by atoms with Crippen LogP contribution in [0.2, 0.25) is 5.02 Å². The highest BCUT2D eigenvalue weighted by Gasteiger charge is 2.27. The van der Waals surface area contributed by atoms with Gasteiger partial charge in [0.1, 0.15) is 4.90 Å². The molecule has 3 aromatic rings. The third-order valence-corrected chi connectivity index (χ3v) is 8.64. The number of hydrogen-bond acceptors (Lipinski definition) is 5. The zero-order valence-electron chi connectivity index (χ0n) is 20.5. The lowest BCUT2D eigenvalue weighted by atomic mass is 9.96. The number of nitrogens with zero attached hydrogens (tertiary/aromatic N) is 3. The van der Waals surface area contributed by atoms with Gasteiger partial charge in [-0.2, -0.15) is 0 Å². The fraction of sp³-hybridized carbons (Fsp3) is 0.296. The van der Waals surface area contributed by atoms with Crippen LogP contribution >= 0.6 is 11.6 Å². The molecule has 1 saturated heterocycles. The van der Waals surface area contributed by atoms with Crippen molar-refractivity contribution in [2.24, 2.45) is 0 Å². The van der Waals surface area contributed by atoms with Crippen LogP contribution in [0.4, 0.5) is 5.69 Å². The van der Waals surface area contributed by atoms with E-state index >= 15 is 0 Å². The lowest BCUT2D eigenvalue weighted by Crippen LogP contribution is -2.49. The van der Waals surface area contributed by atoms with E-state index in [9.17, 15) is 13.2 Å². The second kappa shape index (κ2) is 11.5. The largest absolute Gasteiger partial charge is 0.325 e. The van der Waals surface area contributed by atoms with E-state index in [-0.39, 0.29) is 28.4 Å². The zero-order chi connectivity index (χ0) is 25.7. The lowest BCUT2D eigenvalue weighted by molar-refractivity contribution is -0.117. The molecular formula is C27H31ClN4O3S. The van der Waals surface area contributed by atoms with Gasteiger partial charge >= 0.3 is 0 Å². The highest BCUT2D eigenvalue weighted by Crippen LogP contribution is 2.30. The molecule has 0 aliphatic carbocycles. The molecular weight excluding hydrogens is 496 g/mol. The molecule has 1 heterocycles. The standard InChI is InChI=1S/C27H31ClN4O3S/c1-30(2)36(34,35)25-19-23(13-14-24(25)28)29-26(33)20-31-15-17-32(18-16-31)27(21-9-5-3-6-10-21)22-11-7-4-8-12-22/h3-14,19,27H,15-18,20H2,1-2H3,(H,29,33). The Hall–Kier alpha value is -2.75. The van der Waals surface area contributed by atoms with Crippen LogP contribution in [-0.2, 0) is 14.8 Å². The van der Waals surface area contributed by atoms with Gasteiger partial charge in [-0.25, -0.2) is 12.7 Å². The minimum Gasteiger partial charge on any atom is -0.325 e. The summed E-state index contributed by atoms with van der Waals surface area (Å²) in [6.45, 7) is 3.39. The molecule has 0 bridgehead atoms. The highest BCUT2D eigenvalue weighted by atomic mass is 35.5. The second-order valence-electron chi connectivity index (χ2n) is 9.02. The first-order valence-electron chi connectivity index (χ1n) is 11.8. The summed E-state index contributed by atoms with van der Waals surface area (Å²) in [6, 6.07) is 25.6. The lowest BCUT2D eigenvalue weighted by Gasteiger charge is -2.39. The predicted octanol–water partition coefficient (Wildman–Crippen LogP) is 3.94. The molecule has 4 rings (SSSR count). The summed E-state index contributed by atoms with van der Waals surface area (Å²) in [7, 11) is -0.837. The third-order valence-electron chi connectivity index (χ3n) is 6.34. The van der Waals surface area contributed by atoms with Crippen molar-refractivity contribution < 1.29 is 13.2 Å². The monoisotopic (exact) mass is 526 g/mol. The molecule has 7 nitrogen and oxygen atoms in total. The van der Waals surface area contributed by atoms with E-state index in [4.69, 9.17) is 11.6 Å². The van der Waals surface area contributed by atoms with Crippen molar-refractivity contribution in [1.82, 2.24) is 14.1 Å². The number of carbonyl (C=O) groups excluding carboxylic acids is 1. The molecule has 1 aliphatic rings. The maximum Gasteiger partial charge on any atom is 0.244 e. The Morgan fingerprint density at radius 3 is 2.00 bits per heavy atom. The molecule has 1 N–H and O–H groups in total. The first-order chi connectivity index (χ1) is 17.3. The van der Waals surface area contributed by atoms with Crippen molar-refractivity contribution in [3.63, 3.8) is 0 Å². The summed E-state index contributed by atoms with van der Waals surface area (Å²) in [5.41, 5.74) is 2.90. The second-order valence-corrected chi connectivity index (χ2v) is 11.5. The van der Waals surface area contributed by atoms with E-state index in [2.05, 4.69) is 63.6 Å². The van der Waals surface area contributed by atoms with E-state index in [1.165, 1.54) is 37.4 Å². The number of nitrogens with one attached hydrogen (secondary N) is 1. The third kappa shape index (κ3) is 6.14. The van der Waals surface area contributed by atoms with Gasteiger partial charge in [0, 0.05) is 46.0 Å². The number of halogens is 1. The van der Waals surface area contributed by atoms with Crippen molar-refractivity contribution in [2.75, 3.05) is 52.1 Å². The number of anilines is 1. The number of benzene rings is 3. The van der Waals surface area contributed by atoms with Gasteiger partial charge in [-0.05, 0) is 29.3 Å². The van der Waals surface area contributed by atoms with Crippen LogP contribution in [0.3, 0.4) is 0 Å². The molecule has 0 unspecified atom stereocenters. The van der Waals surface area contributed by atoms with Crippen molar-refractivity contribution in [1.29, 1.82) is 0 Å². The minimum atomic E-state index is -3.72. The molecule has 0 saturated carbocycles. The number of rotatable bonds is 8. The molecule has 0 spiro atoms. The highest BCUT2D eigenvalue weighted by molar-refractivity contribution is 7.89. The Labute approximate surface area is 218 Å². The summed E-state index contributed by atoms with van der Waals surface area (Å²) in [5.74, 6) is -0.193. The molecule has 0 radical (unpaired) electrons. The smallest absolute Gasteiger partial charge is 0.244 e. The van der Waals surface area contributed by atoms with Gasteiger partial charge in [0.2, 0.25) is 15.9 Å². The minimum absolute atomic E-state index is 0.0338. The Kier molecular flexibility index (Phi) is 8.43. The number of carbonyl (C=O) groups is 1. The molecule has 1 fully saturated rings. The van der Waals surface area contributed by atoms with Crippen LogP contribution in [0.5, 0.6) is 0 Å². The number of piperazine rings is 1. The molecule has 0 atom stereocenters. The summed E-state index contributed by atoms with van der Waals surface area (Å²) in [6.07, 6.45) is 0. The van der Waals surface area contributed by atoms with Crippen LogP contribution in [0.15, 0.2) is 83.8 Å². The average molecular weight is 527 g/mol. The topological polar surface area (TPSA) is 73.0 Å². The SMILES string of the molecule is CN(C)S(=O)(=O)c1cc(NC(=O)CN2CCN(C(c3ccccc3)c3ccccc3)CC2)ccc1Cl. The van der Waals surface area contributed by atoms with E-state index in [1.54, 1.807) is 6.07 Å². The molecule has 3 aromatic carbocycles. The van der Waals surface area contributed by atoms with E-state index in [0.29, 0.717) is 5.69 Å². The number of hydrogen-bond donors (Lipinski definition) is 1. The van der Waals surface area contributed by atoms with Gasteiger partial charge in [-0.3, -0.25) is 14.6 Å². The van der Waals surface area contributed by atoms with Crippen molar-refractivity contribution >= 4 is 33.2 Å². The van der Waals surface area contributed by atoms with Crippen LogP contribution in [0.25, 0.3) is 0 Å². The van der Waals surface area contributed by atoms with Crippen LogP contribution in [0.1, 0.15) is 17.2 Å². The van der Waals surface area contributed by atoms with Crippen LogP contribution in [-0.4, -0.2) is 75.2 Å². The maximum atomic E-state index is 12.8. The van der Waals surface area contributed by atoms with Gasteiger partial charge in [0.25, 0.3) is 0 Å². The Morgan fingerprint density at radius 2 is 1.47 bits per heavy atom. The first-order valence-corrected chi connectivity index (χ1v) is 13.7. The first kappa shape index (κ1) is 26.3. The van der Waals surface area contributed by atoms with Gasteiger partial charge in [-0.1, -0.05) is 72.3 Å². The number of amides is 1. The van der Waals surface area contributed by atoms with E-state index in [0.717, 1.165) is 30.5 Å². The molecule has 0 aromatic heterocycles. The van der Waals surface area contributed by atoms with Crippen molar-refractivity contribution in [3.05, 3.63) is 95.0 Å². The fourth-order valence-electron chi connectivity index (χ4n) is 4.44. The predicted molar refractivity (Wildman–Crippen MR) is 144 cm³/mol. The van der Waals surface area contributed by atoms with Crippen LogP contribution in [0, 0.1) is 0 Å². The van der Waals surface area contributed by atoms with Crippen LogP contribution < -0.4 is 5.32 Å². The summed E-state index contributed by atoms with van der Waals surface area (Å²) < 4.78 is 26.1. The molecule has 1 aliphatic heterocycles. The van der Waals surface area contributed by atoms with Crippen molar-refractivity contribution in [2.45, 2.75) is 10.9 Å². The normalized spacial score (nSPS) is 15.4. The Balaban J connectivity index is 1.39. The quantitative estimate of drug-likeness (QED) is 0.481. The van der Waals surface area contributed by atoms with E-state index < -0.39 is 10.0 Å². The summed E-state index contributed by atoms with van der Waals surface area (Å²) in [4.78, 5) is 17.3. The molecule has 9 heteroatoms. The van der Waals surface area contributed by atoms with Gasteiger partial charge in [0.05, 0.1) is 17.6 Å². The van der Waals surface area contributed by atoms with E-state index in [1.807, 2.05) is 12.1 Å². The molecule has 190 valence electrons. The number of sulfonamides is 1. The molecule has 1 amide bonds. The van der Waals surface area contributed by atoms with Gasteiger partial charge in [0.15, 0.2) is 0 Å². The Morgan fingerprint density at radius 1 is 0.917 bits per heavy atom. The fourth-order valence-corrected chi connectivity index (χ4v) is 5.84. The van der Waals surface area contributed by atoms with Gasteiger partial charge < -0.3 is 5.32 Å². The Bertz CT molecular complexity index is 1240. The average Bonchev–Trinajstić information content (AvgIpc) is 2.87. The van der Waals surface area contributed by atoms with Crippen molar-refractivity contribution in [3.8, 4) is 0 Å². The van der Waals surface area contributed by atoms with Gasteiger partial charge in [-0.15, -0.1) is 0 Å².